The Morgan fingerprint density at radius 2 is 1.91 bits per heavy atom. The highest BCUT2D eigenvalue weighted by molar-refractivity contribution is 7.90. The van der Waals surface area contributed by atoms with Crippen LogP contribution in [-0.4, -0.2) is 30.5 Å². The summed E-state index contributed by atoms with van der Waals surface area (Å²) in [6.07, 6.45) is 0.338. The number of carbonyl (C=O) groups is 1. The van der Waals surface area contributed by atoms with Gasteiger partial charge >= 0.3 is 6.09 Å². The van der Waals surface area contributed by atoms with E-state index in [1.54, 1.807) is 20.8 Å². The molecule has 0 bridgehead atoms. The lowest BCUT2D eigenvalue weighted by molar-refractivity contribution is 0.0294. The number of alkyl carbamates (subject to hydrolysis) is 1. The molecule has 35 heavy (non-hydrogen) atoms. The fourth-order valence-electron chi connectivity index (χ4n) is 3.49. The van der Waals surface area contributed by atoms with Crippen LogP contribution in [0.15, 0.2) is 53.7 Å². The topological polar surface area (TPSA) is 138 Å². The molecular formula is C24H22FN5O4S. The summed E-state index contributed by atoms with van der Waals surface area (Å²) < 4.78 is 49.6. The number of hydrogen-bond acceptors (Lipinski definition) is 7. The Balaban J connectivity index is 2.40. The number of hydrogen-bond donors (Lipinski definition) is 1. The molecule has 1 unspecified atom stereocenters. The molecule has 9 nitrogen and oxygen atoms in total. The Morgan fingerprint density at radius 1 is 1.20 bits per heavy atom. The fourth-order valence-corrected chi connectivity index (χ4v) is 4.91. The minimum Gasteiger partial charge on any atom is -0.441 e. The molecule has 0 aliphatic carbocycles. The van der Waals surface area contributed by atoms with Crippen LogP contribution in [-0.2, 0) is 14.8 Å². The molecule has 0 spiro atoms. The number of nitriles is 2. The summed E-state index contributed by atoms with van der Waals surface area (Å²) in [5, 5.41) is 21.0. The van der Waals surface area contributed by atoms with E-state index in [1.165, 1.54) is 43.6 Å². The van der Waals surface area contributed by atoms with Gasteiger partial charge in [0.15, 0.2) is 5.82 Å². The Bertz CT molecular complexity index is 1480. The van der Waals surface area contributed by atoms with E-state index >= 15 is 4.39 Å². The molecule has 0 fully saturated rings. The number of nitrogens with zero attached hydrogens (tertiary/aromatic N) is 4. The zero-order valence-electron chi connectivity index (χ0n) is 19.4. The van der Waals surface area contributed by atoms with Gasteiger partial charge in [0.1, 0.15) is 23.6 Å². The first kappa shape index (κ1) is 25.4. The lowest BCUT2D eigenvalue weighted by Crippen LogP contribution is -2.29. The minimum atomic E-state index is -4.46. The van der Waals surface area contributed by atoms with Gasteiger partial charge in [-0.2, -0.15) is 10.5 Å². The summed E-state index contributed by atoms with van der Waals surface area (Å²) in [4.78, 5) is 15.7. The van der Waals surface area contributed by atoms with E-state index in [9.17, 15) is 23.7 Å². The molecule has 0 saturated heterocycles. The number of benzene rings is 1. The predicted molar refractivity (Wildman–Crippen MR) is 124 cm³/mol. The fraction of sp³-hybridized carbons (Fsp3) is 0.250. The van der Waals surface area contributed by atoms with Crippen LogP contribution < -0.4 is 5.32 Å². The molecule has 1 N–H and O–H groups in total. The van der Waals surface area contributed by atoms with Crippen molar-refractivity contribution in [1.29, 1.82) is 10.5 Å². The third-order valence-electron chi connectivity index (χ3n) is 5.12. The average Bonchev–Trinajstić information content (AvgIpc) is 3.18. The first-order chi connectivity index (χ1) is 16.4. The van der Waals surface area contributed by atoms with Crippen LogP contribution in [0.5, 0.6) is 0 Å². The number of carbonyl (C=O) groups excluding carboxylic acids is 1. The van der Waals surface area contributed by atoms with Crippen molar-refractivity contribution in [3.63, 3.8) is 0 Å². The maximum atomic E-state index is 16.1. The molecule has 11 heteroatoms. The second-order valence-electron chi connectivity index (χ2n) is 8.60. The molecule has 1 amide bonds. The van der Waals surface area contributed by atoms with E-state index in [4.69, 9.17) is 4.74 Å². The van der Waals surface area contributed by atoms with Crippen molar-refractivity contribution in [2.45, 2.75) is 31.8 Å². The number of aromatic nitrogens is 2. The summed E-state index contributed by atoms with van der Waals surface area (Å²) in [6, 6.07) is 11.8. The van der Waals surface area contributed by atoms with Crippen molar-refractivity contribution in [3.8, 4) is 23.4 Å². The summed E-state index contributed by atoms with van der Waals surface area (Å²) in [5.41, 5.74) is -1.65. The van der Waals surface area contributed by atoms with Crippen LogP contribution >= 0.6 is 0 Å². The quantitative estimate of drug-likeness (QED) is 0.562. The molecule has 0 aliphatic heterocycles. The lowest BCUT2D eigenvalue weighted by Gasteiger charge is -2.29. The van der Waals surface area contributed by atoms with Crippen LogP contribution in [0.3, 0.4) is 0 Å². The summed E-state index contributed by atoms with van der Waals surface area (Å²) >= 11 is 0. The third kappa shape index (κ3) is 4.86. The predicted octanol–water partition coefficient (Wildman–Crippen LogP) is 4.11. The second kappa shape index (κ2) is 9.57. The van der Waals surface area contributed by atoms with Gasteiger partial charge < -0.3 is 10.1 Å². The molecule has 0 aliphatic rings. The molecule has 180 valence electrons. The highest BCUT2D eigenvalue weighted by atomic mass is 32.2. The van der Waals surface area contributed by atoms with Gasteiger partial charge in [0.05, 0.1) is 16.5 Å². The molecular weight excluding hydrogens is 473 g/mol. The van der Waals surface area contributed by atoms with E-state index in [0.717, 1.165) is 12.3 Å². The van der Waals surface area contributed by atoms with Gasteiger partial charge in [0.2, 0.25) is 0 Å². The van der Waals surface area contributed by atoms with Crippen molar-refractivity contribution in [3.05, 3.63) is 71.4 Å². The van der Waals surface area contributed by atoms with Gasteiger partial charge in [-0.15, -0.1) is 0 Å². The van der Waals surface area contributed by atoms with Gasteiger partial charge in [-0.1, -0.05) is 26.8 Å². The molecule has 3 aromatic rings. The zero-order valence-corrected chi connectivity index (χ0v) is 20.2. The van der Waals surface area contributed by atoms with Crippen LogP contribution in [0, 0.1) is 33.9 Å². The summed E-state index contributed by atoms with van der Waals surface area (Å²) in [6.45, 7) is 5.10. The van der Waals surface area contributed by atoms with Gasteiger partial charge in [0, 0.05) is 36.0 Å². The Morgan fingerprint density at radius 3 is 2.51 bits per heavy atom. The van der Waals surface area contributed by atoms with E-state index in [1.807, 2.05) is 12.1 Å². The van der Waals surface area contributed by atoms with Crippen molar-refractivity contribution < 1.29 is 22.3 Å². The smallest absolute Gasteiger partial charge is 0.407 e. The maximum Gasteiger partial charge on any atom is 0.407 e. The van der Waals surface area contributed by atoms with Gasteiger partial charge in [-0.25, -0.2) is 26.6 Å². The van der Waals surface area contributed by atoms with Crippen LogP contribution in [0.25, 0.3) is 11.3 Å². The SMILES string of the molecule is CNC(=O)OC(c1cn(S(=O)(=O)c2cccc(C#N)c2)c(-c2cccnc2C#N)c1F)C(C)(C)C. The van der Waals surface area contributed by atoms with Gasteiger partial charge in [0.25, 0.3) is 10.0 Å². The Hall–Kier alpha value is -4.22. The second-order valence-corrected chi connectivity index (χ2v) is 10.4. The number of rotatable bonds is 5. The highest BCUT2D eigenvalue weighted by Gasteiger charge is 2.37. The average molecular weight is 496 g/mol. The molecule has 1 aromatic carbocycles. The number of ether oxygens (including phenoxy) is 1. The van der Waals surface area contributed by atoms with E-state index in [0.29, 0.717) is 3.97 Å². The lowest BCUT2D eigenvalue weighted by atomic mass is 9.85. The van der Waals surface area contributed by atoms with Crippen molar-refractivity contribution in [2.75, 3.05) is 7.05 Å². The Labute approximate surface area is 202 Å². The van der Waals surface area contributed by atoms with E-state index < -0.39 is 39.1 Å². The van der Waals surface area contributed by atoms with Crippen molar-refractivity contribution >= 4 is 16.1 Å². The monoisotopic (exact) mass is 495 g/mol. The maximum absolute atomic E-state index is 16.1. The van der Waals surface area contributed by atoms with Crippen molar-refractivity contribution in [1.82, 2.24) is 14.3 Å². The highest BCUT2D eigenvalue weighted by Crippen LogP contribution is 2.42. The normalized spacial score (nSPS) is 12.3. The van der Waals surface area contributed by atoms with Crippen LogP contribution in [0.4, 0.5) is 9.18 Å². The van der Waals surface area contributed by atoms with Crippen molar-refractivity contribution in [2.24, 2.45) is 5.41 Å². The first-order valence-corrected chi connectivity index (χ1v) is 11.8. The molecule has 0 radical (unpaired) electrons. The van der Waals surface area contributed by atoms with Gasteiger partial charge in [-0.3, -0.25) is 0 Å². The molecule has 2 heterocycles. The minimum absolute atomic E-state index is 0.0636. The van der Waals surface area contributed by atoms with E-state index in [2.05, 4.69) is 10.3 Å². The van der Waals surface area contributed by atoms with Crippen LogP contribution in [0.1, 0.15) is 43.7 Å². The third-order valence-corrected chi connectivity index (χ3v) is 6.78. The standard InChI is InChI=1S/C24H22FN5O4S/c1-24(2,3)22(34-23(31)28-4)18-14-30(35(32,33)16-8-5-7-15(11-16)12-26)21(20(18)25)17-9-6-10-29-19(17)13-27/h5-11,14,22H,1-4H3,(H,28,31). The Kier molecular flexibility index (Phi) is 6.94. The first-order valence-electron chi connectivity index (χ1n) is 10.4. The number of halogens is 1. The molecule has 1 atom stereocenters. The summed E-state index contributed by atoms with van der Waals surface area (Å²) in [5.74, 6) is -0.988. The summed E-state index contributed by atoms with van der Waals surface area (Å²) in [7, 11) is -3.11. The largest absolute Gasteiger partial charge is 0.441 e. The number of nitrogens with one attached hydrogen (secondary N) is 1. The number of pyridine rings is 1. The van der Waals surface area contributed by atoms with E-state index in [-0.39, 0.29) is 27.3 Å². The zero-order chi connectivity index (χ0) is 26.0. The number of amides is 1. The molecule has 2 aromatic heterocycles. The molecule has 0 saturated carbocycles. The molecule has 3 rings (SSSR count). The van der Waals surface area contributed by atoms with Gasteiger partial charge in [-0.05, 0) is 30.3 Å². The van der Waals surface area contributed by atoms with Crippen LogP contribution in [0.2, 0.25) is 0 Å².